The lowest BCUT2D eigenvalue weighted by Gasteiger charge is -2.36. The zero-order valence-electron chi connectivity index (χ0n) is 14.3. The van der Waals surface area contributed by atoms with Gasteiger partial charge in [-0.05, 0) is 6.92 Å². The van der Waals surface area contributed by atoms with Crippen LogP contribution in [0.1, 0.15) is 6.92 Å². The van der Waals surface area contributed by atoms with Gasteiger partial charge in [-0.2, -0.15) is 4.98 Å². The Morgan fingerprint density at radius 3 is 2.83 bits per heavy atom. The second-order valence-electron chi connectivity index (χ2n) is 6.18. The lowest BCUT2D eigenvalue weighted by atomic mass is 10.2. The predicted molar refractivity (Wildman–Crippen MR) is 89.2 cm³/mol. The standard InChI is InChI=1S/C16H25N5O3/c1-13-11-21(9-10-24-13)15(22)12-19-5-7-20(8-6-19)16-17-4-3-14(18-16)23-2/h3-4,13H,5-12H2,1-2H3/t13-/m0/s1. The average Bonchev–Trinajstić information content (AvgIpc) is 2.62. The molecule has 1 atom stereocenters. The number of aromatic nitrogens is 2. The molecule has 2 saturated heterocycles. The molecule has 2 aliphatic heterocycles. The van der Waals surface area contributed by atoms with Crippen LogP contribution in [0.15, 0.2) is 12.3 Å². The number of ether oxygens (including phenoxy) is 2. The van der Waals surface area contributed by atoms with E-state index in [0.717, 1.165) is 26.2 Å². The van der Waals surface area contributed by atoms with Gasteiger partial charge < -0.3 is 19.3 Å². The summed E-state index contributed by atoms with van der Waals surface area (Å²) in [6.45, 7) is 7.76. The van der Waals surface area contributed by atoms with E-state index in [1.54, 1.807) is 19.4 Å². The fourth-order valence-corrected chi connectivity index (χ4v) is 3.04. The molecule has 8 nitrogen and oxygen atoms in total. The van der Waals surface area contributed by atoms with Crippen molar-refractivity contribution in [2.24, 2.45) is 0 Å². The molecule has 3 rings (SSSR count). The minimum absolute atomic E-state index is 0.129. The molecule has 132 valence electrons. The topological polar surface area (TPSA) is 71.0 Å². The Morgan fingerprint density at radius 1 is 1.33 bits per heavy atom. The number of morpholine rings is 1. The molecule has 0 radical (unpaired) electrons. The number of rotatable bonds is 4. The van der Waals surface area contributed by atoms with Crippen LogP contribution in [0.5, 0.6) is 5.88 Å². The summed E-state index contributed by atoms with van der Waals surface area (Å²) in [4.78, 5) is 27.3. The molecule has 0 aromatic carbocycles. The average molecular weight is 335 g/mol. The highest BCUT2D eigenvalue weighted by atomic mass is 16.5. The van der Waals surface area contributed by atoms with E-state index in [4.69, 9.17) is 9.47 Å². The zero-order valence-corrected chi connectivity index (χ0v) is 14.3. The highest BCUT2D eigenvalue weighted by Gasteiger charge is 2.25. The Labute approximate surface area is 142 Å². The number of amides is 1. The van der Waals surface area contributed by atoms with Gasteiger partial charge in [-0.3, -0.25) is 9.69 Å². The molecule has 0 N–H and O–H groups in total. The molecule has 2 aliphatic rings. The van der Waals surface area contributed by atoms with Crippen LogP contribution in [0.2, 0.25) is 0 Å². The van der Waals surface area contributed by atoms with Crippen LogP contribution < -0.4 is 9.64 Å². The van der Waals surface area contributed by atoms with E-state index in [9.17, 15) is 4.79 Å². The van der Waals surface area contributed by atoms with E-state index in [1.165, 1.54) is 0 Å². The van der Waals surface area contributed by atoms with Crippen molar-refractivity contribution in [2.75, 3.05) is 64.4 Å². The number of anilines is 1. The van der Waals surface area contributed by atoms with Crippen molar-refractivity contribution >= 4 is 11.9 Å². The van der Waals surface area contributed by atoms with Gasteiger partial charge in [0.1, 0.15) is 0 Å². The number of hydrogen-bond acceptors (Lipinski definition) is 7. The van der Waals surface area contributed by atoms with Crippen molar-refractivity contribution in [1.29, 1.82) is 0 Å². The van der Waals surface area contributed by atoms with Crippen LogP contribution in [-0.2, 0) is 9.53 Å². The first-order chi connectivity index (χ1) is 11.7. The Kier molecular flexibility index (Phi) is 5.47. The second kappa shape index (κ2) is 7.76. The Hall–Kier alpha value is -1.93. The van der Waals surface area contributed by atoms with Crippen molar-refractivity contribution in [3.63, 3.8) is 0 Å². The van der Waals surface area contributed by atoms with E-state index in [0.29, 0.717) is 38.1 Å². The third-order valence-electron chi connectivity index (χ3n) is 4.43. The van der Waals surface area contributed by atoms with Gasteiger partial charge in [0.25, 0.3) is 0 Å². The van der Waals surface area contributed by atoms with E-state index >= 15 is 0 Å². The molecule has 0 unspecified atom stereocenters. The first-order valence-electron chi connectivity index (χ1n) is 8.39. The summed E-state index contributed by atoms with van der Waals surface area (Å²) in [6, 6.07) is 1.74. The molecule has 2 fully saturated rings. The van der Waals surface area contributed by atoms with Crippen LogP contribution in [-0.4, -0.2) is 91.3 Å². The number of hydrogen-bond donors (Lipinski definition) is 0. The molecule has 8 heteroatoms. The van der Waals surface area contributed by atoms with Gasteiger partial charge >= 0.3 is 0 Å². The molecule has 3 heterocycles. The quantitative estimate of drug-likeness (QED) is 0.758. The van der Waals surface area contributed by atoms with E-state index in [-0.39, 0.29) is 12.0 Å². The summed E-state index contributed by atoms with van der Waals surface area (Å²) in [5.74, 6) is 1.44. The highest BCUT2D eigenvalue weighted by Crippen LogP contribution is 2.14. The Bertz CT molecular complexity index is 562. The van der Waals surface area contributed by atoms with Gasteiger partial charge in [0.2, 0.25) is 17.7 Å². The SMILES string of the molecule is COc1ccnc(N2CCN(CC(=O)N3CCO[C@@H](C)C3)CC2)n1. The van der Waals surface area contributed by atoms with E-state index in [1.807, 2.05) is 11.8 Å². The zero-order chi connectivity index (χ0) is 16.9. The Balaban J connectivity index is 1.49. The fourth-order valence-electron chi connectivity index (χ4n) is 3.04. The third kappa shape index (κ3) is 4.12. The van der Waals surface area contributed by atoms with Crippen LogP contribution in [0.25, 0.3) is 0 Å². The fraction of sp³-hybridized carbons (Fsp3) is 0.688. The smallest absolute Gasteiger partial charge is 0.236 e. The van der Waals surface area contributed by atoms with Crippen LogP contribution in [0.4, 0.5) is 5.95 Å². The normalized spacial score (nSPS) is 22.5. The number of carbonyl (C=O) groups excluding carboxylic acids is 1. The largest absolute Gasteiger partial charge is 0.481 e. The molecule has 24 heavy (non-hydrogen) atoms. The van der Waals surface area contributed by atoms with Crippen molar-refractivity contribution < 1.29 is 14.3 Å². The summed E-state index contributed by atoms with van der Waals surface area (Å²) in [6.07, 6.45) is 1.83. The van der Waals surface area contributed by atoms with E-state index < -0.39 is 0 Å². The summed E-state index contributed by atoms with van der Waals surface area (Å²) in [7, 11) is 1.60. The lowest BCUT2D eigenvalue weighted by Crippen LogP contribution is -2.52. The number of methoxy groups -OCH3 is 1. The molecule has 1 aromatic rings. The van der Waals surface area contributed by atoms with Crippen LogP contribution in [0.3, 0.4) is 0 Å². The Morgan fingerprint density at radius 2 is 2.12 bits per heavy atom. The summed E-state index contributed by atoms with van der Waals surface area (Å²) in [5.41, 5.74) is 0. The first kappa shape index (κ1) is 16.9. The van der Waals surface area contributed by atoms with Crippen molar-refractivity contribution in [3.05, 3.63) is 12.3 Å². The molecular formula is C16H25N5O3. The summed E-state index contributed by atoms with van der Waals surface area (Å²) < 4.78 is 10.6. The molecule has 0 spiro atoms. The van der Waals surface area contributed by atoms with Crippen molar-refractivity contribution in [1.82, 2.24) is 19.8 Å². The minimum atomic E-state index is 0.129. The van der Waals surface area contributed by atoms with Gasteiger partial charge in [0.15, 0.2) is 0 Å². The predicted octanol–water partition coefficient (Wildman–Crippen LogP) is -0.145. The molecule has 0 aliphatic carbocycles. The van der Waals surface area contributed by atoms with Crippen molar-refractivity contribution in [2.45, 2.75) is 13.0 Å². The maximum atomic E-state index is 12.4. The van der Waals surface area contributed by atoms with Gasteiger partial charge in [-0.25, -0.2) is 4.98 Å². The molecule has 1 aromatic heterocycles. The van der Waals surface area contributed by atoms with Gasteiger partial charge in [0.05, 0.1) is 26.4 Å². The minimum Gasteiger partial charge on any atom is -0.481 e. The van der Waals surface area contributed by atoms with Crippen LogP contribution >= 0.6 is 0 Å². The monoisotopic (exact) mass is 335 g/mol. The number of nitrogens with zero attached hydrogens (tertiary/aromatic N) is 5. The molecule has 0 bridgehead atoms. The number of carbonyl (C=O) groups is 1. The van der Waals surface area contributed by atoms with E-state index in [2.05, 4.69) is 19.8 Å². The molecule has 0 saturated carbocycles. The third-order valence-corrected chi connectivity index (χ3v) is 4.43. The molecular weight excluding hydrogens is 310 g/mol. The van der Waals surface area contributed by atoms with Crippen molar-refractivity contribution in [3.8, 4) is 5.88 Å². The molecule has 1 amide bonds. The number of piperazine rings is 1. The first-order valence-corrected chi connectivity index (χ1v) is 8.39. The van der Waals surface area contributed by atoms with Gasteiger partial charge in [-0.1, -0.05) is 0 Å². The second-order valence-corrected chi connectivity index (χ2v) is 6.18. The maximum Gasteiger partial charge on any atom is 0.236 e. The van der Waals surface area contributed by atoms with Gasteiger partial charge in [0, 0.05) is 51.5 Å². The van der Waals surface area contributed by atoms with Crippen LogP contribution in [0, 0.1) is 0 Å². The summed E-state index contributed by atoms with van der Waals surface area (Å²) >= 11 is 0. The van der Waals surface area contributed by atoms with Gasteiger partial charge in [-0.15, -0.1) is 0 Å². The lowest BCUT2D eigenvalue weighted by molar-refractivity contribution is -0.139. The maximum absolute atomic E-state index is 12.4. The summed E-state index contributed by atoms with van der Waals surface area (Å²) in [5, 5.41) is 0. The highest BCUT2D eigenvalue weighted by molar-refractivity contribution is 5.78.